The number of fused-ring (bicyclic) bond motifs is 1. The Kier molecular flexibility index (Phi) is 5.43. The van der Waals surface area contributed by atoms with Crippen molar-refractivity contribution in [2.24, 2.45) is 0 Å². The summed E-state index contributed by atoms with van der Waals surface area (Å²) < 4.78 is 0. The Labute approximate surface area is 181 Å². The fourth-order valence-corrected chi connectivity index (χ4v) is 3.96. The highest BCUT2D eigenvalue weighted by atomic mass is 16.1. The summed E-state index contributed by atoms with van der Waals surface area (Å²) in [5, 5.41) is 6.16. The molecule has 1 aliphatic carbocycles. The van der Waals surface area contributed by atoms with E-state index in [4.69, 9.17) is 0 Å². The summed E-state index contributed by atoms with van der Waals surface area (Å²) in [7, 11) is 0. The zero-order chi connectivity index (χ0) is 21.0. The number of aromatic nitrogens is 4. The van der Waals surface area contributed by atoms with Gasteiger partial charge in [0.05, 0.1) is 30.0 Å². The molecule has 1 aliphatic heterocycles. The average Bonchev–Trinajstić information content (AvgIpc) is 3.66. The number of carbonyl (C=O) groups is 1. The molecule has 8 nitrogen and oxygen atoms in total. The van der Waals surface area contributed by atoms with E-state index in [1.54, 1.807) is 18.6 Å². The first-order valence-electron chi connectivity index (χ1n) is 10.8. The van der Waals surface area contributed by atoms with Crippen LogP contribution in [-0.2, 0) is 6.42 Å². The SMILES string of the molecule is O=C(NCCN1CCCc2ccccc21)c1nc(C2CC2)cnc1Nc1cncnc1. The Morgan fingerprint density at radius 3 is 2.81 bits per heavy atom. The summed E-state index contributed by atoms with van der Waals surface area (Å²) in [6, 6.07) is 8.50. The van der Waals surface area contributed by atoms with Gasteiger partial charge in [-0.05, 0) is 37.3 Å². The highest BCUT2D eigenvalue weighted by Crippen LogP contribution is 2.39. The second-order valence-electron chi connectivity index (χ2n) is 7.99. The molecule has 158 valence electrons. The lowest BCUT2D eigenvalue weighted by atomic mass is 10.0. The first-order valence-corrected chi connectivity index (χ1v) is 10.8. The maximum atomic E-state index is 13.0. The molecule has 0 atom stereocenters. The van der Waals surface area contributed by atoms with Gasteiger partial charge in [-0.2, -0.15) is 0 Å². The molecule has 0 radical (unpaired) electrons. The van der Waals surface area contributed by atoms with Gasteiger partial charge in [0.1, 0.15) is 6.33 Å². The predicted molar refractivity (Wildman–Crippen MR) is 119 cm³/mol. The lowest BCUT2D eigenvalue weighted by Crippen LogP contribution is -2.38. The lowest BCUT2D eigenvalue weighted by molar-refractivity contribution is 0.0950. The molecule has 1 amide bonds. The largest absolute Gasteiger partial charge is 0.370 e. The number of aryl methyl sites for hydroxylation is 1. The Morgan fingerprint density at radius 2 is 1.97 bits per heavy atom. The van der Waals surface area contributed by atoms with E-state index in [1.807, 2.05) is 0 Å². The van der Waals surface area contributed by atoms with Gasteiger partial charge in [0.25, 0.3) is 5.91 Å². The summed E-state index contributed by atoms with van der Waals surface area (Å²) in [6.45, 7) is 2.30. The van der Waals surface area contributed by atoms with E-state index in [1.165, 1.54) is 17.6 Å². The molecule has 1 aromatic carbocycles. The van der Waals surface area contributed by atoms with Crippen LogP contribution >= 0.6 is 0 Å². The van der Waals surface area contributed by atoms with Gasteiger partial charge < -0.3 is 15.5 Å². The van der Waals surface area contributed by atoms with Crippen LogP contribution in [0, 0.1) is 0 Å². The minimum absolute atomic E-state index is 0.223. The molecular weight excluding hydrogens is 390 g/mol. The maximum Gasteiger partial charge on any atom is 0.273 e. The zero-order valence-corrected chi connectivity index (χ0v) is 17.3. The Hall–Kier alpha value is -3.55. The van der Waals surface area contributed by atoms with Crippen LogP contribution in [-0.4, -0.2) is 45.5 Å². The number of anilines is 3. The molecule has 0 spiro atoms. The smallest absolute Gasteiger partial charge is 0.273 e. The minimum atomic E-state index is -0.223. The zero-order valence-electron chi connectivity index (χ0n) is 17.3. The van der Waals surface area contributed by atoms with Crippen molar-refractivity contribution in [3.63, 3.8) is 0 Å². The van der Waals surface area contributed by atoms with Crippen molar-refractivity contribution in [3.05, 3.63) is 66.1 Å². The van der Waals surface area contributed by atoms with E-state index in [-0.39, 0.29) is 5.91 Å². The lowest BCUT2D eigenvalue weighted by Gasteiger charge is -2.31. The molecule has 2 N–H and O–H groups in total. The minimum Gasteiger partial charge on any atom is -0.370 e. The van der Waals surface area contributed by atoms with Crippen LogP contribution in [0.1, 0.15) is 46.9 Å². The van der Waals surface area contributed by atoms with Crippen molar-refractivity contribution >= 4 is 23.1 Å². The maximum absolute atomic E-state index is 13.0. The van der Waals surface area contributed by atoms with Gasteiger partial charge in [-0.3, -0.25) is 4.79 Å². The number of hydrogen-bond acceptors (Lipinski definition) is 7. The van der Waals surface area contributed by atoms with Crippen LogP contribution in [0.2, 0.25) is 0 Å². The van der Waals surface area contributed by atoms with Crippen LogP contribution in [0.15, 0.2) is 49.2 Å². The molecule has 2 aromatic heterocycles. The second-order valence-corrected chi connectivity index (χ2v) is 7.99. The van der Waals surface area contributed by atoms with E-state index in [9.17, 15) is 4.79 Å². The van der Waals surface area contributed by atoms with E-state index in [0.29, 0.717) is 29.7 Å². The number of amides is 1. The number of rotatable bonds is 7. The van der Waals surface area contributed by atoms with Gasteiger partial charge in [-0.1, -0.05) is 18.2 Å². The van der Waals surface area contributed by atoms with E-state index >= 15 is 0 Å². The standard InChI is InChI=1S/C23H25N7O/c31-23(26-9-11-30-10-3-5-17-4-1-2-6-20(17)30)21-22(28-18-12-24-15-25-13-18)27-14-19(29-21)16-7-8-16/h1-2,4,6,12-16H,3,5,7-11H2,(H,26,31)(H,27,28). The summed E-state index contributed by atoms with van der Waals surface area (Å²) in [6.07, 6.45) is 10.9. The number of hydrogen-bond donors (Lipinski definition) is 2. The van der Waals surface area contributed by atoms with Gasteiger partial charge in [0, 0.05) is 31.2 Å². The third kappa shape index (κ3) is 4.47. The highest BCUT2D eigenvalue weighted by Gasteiger charge is 2.27. The van der Waals surface area contributed by atoms with E-state index in [2.05, 4.69) is 59.7 Å². The Bertz CT molecular complexity index is 1070. The van der Waals surface area contributed by atoms with Gasteiger partial charge in [0.15, 0.2) is 11.5 Å². The number of para-hydroxylation sites is 1. The van der Waals surface area contributed by atoms with Crippen molar-refractivity contribution in [3.8, 4) is 0 Å². The predicted octanol–water partition coefficient (Wildman–Crippen LogP) is 3.07. The molecule has 0 unspecified atom stereocenters. The fraction of sp³-hybridized carbons (Fsp3) is 0.348. The number of nitrogens with zero attached hydrogens (tertiary/aromatic N) is 5. The molecular formula is C23H25N7O. The van der Waals surface area contributed by atoms with Crippen molar-refractivity contribution in [2.75, 3.05) is 29.9 Å². The van der Waals surface area contributed by atoms with Crippen molar-refractivity contribution in [1.82, 2.24) is 25.3 Å². The quantitative estimate of drug-likeness (QED) is 0.612. The summed E-state index contributed by atoms with van der Waals surface area (Å²) in [5.41, 5.74) is 4.50. The van der Waals surface area contributed by atoms with Gasteiger partial charge in [0.2, 0.25) is 0 Å². The summed E-state index contributed by atoms with van der Waals surface area (Å²) in [4.78, 5) is 32.5. The Balaban J connectivity index is 1.29. The molecule has 31 heavy (non-hydrogen) atoms. The van der Waals surface area contributed by atoms with Crippen molar-refractivity contribution in [2.45, 2.75) is 31.6 Å². The van der Waals surface area contributed by atoms with E-state index < -0.39 is 0 Å². The van der Waals surface area contributed by atoms with Gasteiger partial charge in [-0.15, -0.1) is 0 Å². The van der Waals surface area contributed by atoms with Crippen LogP contribution in [0.5, 0.6) is 0 Å². The van der Waals surface area contributed by atoms with Crippen LogP contribution in [0.3, 0.4) is 0 Å². The molecule has 0 bridgehead atoms. The fourth-order valence-electron chi connectivity index (χ4n) is 3.96. The summed E-state index contributed by atoms with van der Waals surface area (Å²) >= 11 is 0. The normalized spacial score (nSPS) is 15.3. The van der Waals surface area contributed by atoms with E-state index in [0.717, 1.165) is 44.5 Å². The third-order valence-corrected chi connectivity index (χ3v) is 5.70. The molecule has 2 aliphatic rings. The molecule has 3 aromatic rings. The van der Waals surface area contributed by atoms with Gasteiger partial charge in [-0.25, -0.2) is 19.9 Å². The van der Waals surface area contributed by atoms with Crippen LogP contribution in [0.4, 0.5) is 17.2 Å². The molecule has 8 heteroatoms. The Morgan fingerprint density at radius 1 is 1.13 bits per heavy atom. The molecule has 5 rings (SSSR count). The highest BCUT2D eigenvalue weighted by molar-refractivity contribution is 5.97. The second kappa shape index (κ2) is 8.67. The van der Waals surface area contributed by atoms with Crippen molar-refractivity contribution < 1.29 is 4.79 Å². The van der Waals surface area contributed by atoms with Crippen molar-refractivity contribution in [1.29, 1.82) is 0 Å². The molecule has 0 saturated heterocycles. The number of benzene rings is 1. The first-order chi connectivity index (χ1) is 15.3. The first kappa shape index (κ1) is 19.4. The molecule has 1 saturated carbocycles. The molecule has 1 fully saturated rings. The summed E-state index contributed by atoms with van der Waals surface area (Å²) in [5.74, 6) is 0.609. The van der Waals surface area contributed by atoms with Gasteiger partial charge >= 0.3 is 0 Å². The monoisotopic (exact) mass is 415 g/mol. The number of nitrogens with one attached hydrogen (secondary N) is 2. The average molecular weight is 416 g/mol. The third-order valence-electron chi connectivity index (χ3n) is 5.70. The topological polar surface area (TPSA) is 95.9 Å². The van der Waals surface area contributed by atoms with Crippen LogP contribution < -0.4 is 15.5 Å². The van der Waals surface area contributed by atoms with Crippen LogP contribution in [0.25, 0.3) is 0 Å². The molecule has 3 heterocycles. The number of carbonyl (C=O) groups excluding carboxylic acids is 1.